The standard InChI is InChI=1S/C17H13N3/c1-2-6-13-12(5-1)17-19-14-7-3-4-8-15(14)20(17)16(18-13)11-9-10-11/h1-8,11H,9-10H2. The van der Waals surface area contributed by atoms with Gasteiger partial charge in [-0.05, 0) is 37.1 Å². The molecular weight excluding hydrogens is 246 g/mol. The van der Waals surface area contributed by atoms with E-state index >= 15 is 0 Å². The molecule has 1 fully saturated rings. The van der Waals surface area contributed by atoms with E-state index in [4.69, 9.17) is 9.97 Å². The lowest BCUT2D eigenvalue weighted by atomic mass is 10.2. The van der Waals surface area contributed by atoms with Gasteiger partial charge in [0.15, 0.2) is 0 Å². The lowest BCUT2D eigenvalue weighted by molar-refractivity contribution is 0.917. The van der Waals surface area contributed by atoms with Crippen molar-refractivity contribution >= 4 is 27.6 Å². The molecule has 4 aromatic rings. The average Bonchev–Trinajstić information content (AvgIpc) is 3.26. The summed E-state index contributed by atoms with van der Waals surface area (Å²) in [5.41, 5.74) is 4.31. The van der Waals surface area contributed by atoms with Gasteiger partial charge in [-0.25, -0.2) is 9.97 Å². The van der Waals surface area contributed by atoms with Gasteiger partial charge in [0.05, 0.1) is 16.6 Å². The zero-order chi connectivity index (χ0) is 13.1. The third-order valence-corrected chi connectivity index (χ3v) is 4.11. The zero-order valence-corrected chi connectivity index (χ0v) is 11.0. The number of fused-ring (bicyclic) bond motifs is 5. The predicted molar refractivity (Wildman–Crippen MR) is 80.0 cm³/mol. The Hall–Kier alpha value is -2.42. The molecule has 20 heavy (non-hydrogen) atoms. The number of aromatic nitrogens is 3. The quantitative estimate of drug-likeness (QED) is 0.518. The number of hydrogen-bond acceptors (Lipinski definition) is 2. The average molecular weight is 259 g/mol. The third-order valence-electron chi connectivity index (χ3n) is 4.11. The summed E-state index contributed by atoms with van der Waals surface area (Å²) in [7, 11) is 0. The largest absolute Gasteiger partial charge is 0.279 e. The Morgan fingerprint density at radius 1 is 0.850 bits per heavy atom. The highest BCUT2D eigenvalue weighted by molar-refractivity contribution is 5.96. The van der Waals surface area contributed by atoms with Crippen LogP contribution in [-0.4, -0.2) is 14.4 Å². The van der Waals surface area contributed by atoms with E-state index in [1.165, 1.54) is 24.2 Å². The maximum atomic E-state index is 4.91. The zero-order valence-electron chi connectivity index (χ0n) is 11.0. The predicted octanol–water partition coefficient (Wildman–Crippen LogP) is 3.91. The van der Waals surface area contributed by atoms with Crippen molar-refractivity contribution in [2.75, 3.05) is 0 Å². The Balaban J connectivity index is 2.09. The van der Waals surface area contributed by atoms with Crippen molar-refractivity contribution in [3.05, 3.63) is 54.4 Å². The molecule has 0 aliphatic heterocycles. The molecule has 1 aliphatic carbocycles. The van der Waals surface area contributed by atoms with E-state index in [1.807, 2.05) is 12.1 Å². The van der Waals surface area contributed by atoms with Crippen LogP contribution >= 0.6 is 0 Å². The van der Waals surface area contributed by atoms with E-state index in [0.29, 0.717) is 5.92 Å². The van der Waals surface area contributed by atoms with Gasteiger partial charge in [0.1, 0.15) is 11.5 Å². The first-order chi connectivity index (χ1) is 9.92. The maximum Gasteiger partial charge on any atom is 0.148 e. The molecule has 0 radical (unpaired) electrons. The fourth-order valence-corrected chi connectivity index (χ4v) is 2.99. The Bertz CT molecular complexity index is 964. The number of hydrogen-bond donors (Lipinski definition) is 0. The van der Waals surface area contributed by atoms with Crippen LogP contribution in [0.4, 0.5) is 0 Å². The highest BCUT2D eigenvalue weighted by Crippen LogP contribution is 2.41. The first kappa shape index (κ1) is 10.4. The molecule has 0 atom stereocenters. The minimum atomic E-state index is 0.597. The SMILES string of the molecule is c1ccc2c(c1)nc(C1CC1)n1c3ccccc3nc21. The van der Waals surface area contributed by atoms with E-state index in [1.54, 1.807) is 0 Å². The van der Waals surface area contributed by atoms with Crippen molar-refractivity contribution < 1.29 is 0 Å². The summed E-state index contributed by atoms with van der Waals surface area (Å²) in [6.45, 7) is 0. The van der Waals surface area contributed by atoms with Crippen LogP contribution < -0.4 is 0 Å². The van der Waals surface area contributed by atoms with Crippen molar-refractivity contribution in [1.82, 2.24) is 14.4 Å². The second-order valence-electron chi connectivity index (χ2n) is 5.52. The molecule has 1 saturated carbocycles. The lowest BCUT2D eigenvalue weighted by Gasteiger charge is -2.07. The molecule has 2 heterocycles. The summed E-state index contributed by atoms with van der Waals surface area (Å²) in [5.74, 6) is 1.77. The molecule has 0 bridgehead atoms. The van der Waals surface area contributed by atoms with Gasteiger partial charge in [0, 0.05) is 11.3 Å². The summed E-state index contributed by atoms with van der Waals surface area (Å²) in [4.78, 5) is 9.75. The van der Waals surface area contributed by atoms with Crippen LogP contribution in [0.5, 0.6) is 0 Å². The van der Waals surface area contributed by atoms with Gasteiger partial charge in [0.2, 0.25) is 0 Å². The second-order valence-corrected chi connectivity index (χ2v) is 5.52. The summed E-state index contributed by atoms with van der Waals surface area (Å²) < 4.78 is 2.26. The van der Waals surface area contributed by atoms with E-state index in [-0.39, 0.29) is 0 Å². The monoisotopic (exact) mass is 259 g/mol. The summed E-state index contributed by atoms with van der Waals surface area (Å²) in [5, 5.41) is 1.13. The third kappa shape index (κ3) is 1.29. The normalized spacial score (nSPS) is 15.4. The lowest BCUT2D eigenvalue weighted by Crippen LogP contribution is -2.00. The molecule has 2 aromatic carbocycles. The Morgan fingerprint density at radius 3 is 2.45 bits per heavy atom. The molecule has 2 aromatic heterocycles. The first-order valence-electron chi connectivity index (χ1n) is 7.08. The van der Waals surface area contributed by atoms with E-state index in [9.17, 15) is 0 Å². The summed E-state index contributed by atoms with van der Waals surface area (Å²) in [6.07, 6.45) is 2.49. The van der Waals surface area contributed by atoms with Gasteiger partial charge in [-0.1, -0.05) is 24.3 Å². The van der Waals surface area contributed by atoms with Crippen LogP contribution in [0, 0.1) is 0 Å². The van der Waals surface area contributed by atoms with E-state index in [0.717, 1.165) is 22.1 Å². The molecule has 3 heteroatoms. The molecule has 5 rings (SSSR count). The van der Waals surface area contributed by atoms with Crippen LogP contribution in [-0.2, 0) is 0 Å². The van der Waals surface area contributed by atoms with Crippen molar-refractivity contribution in [3.8, 4) is 0 Å². The number of nitrogens with zero attached hydrogens (tertiary/aromatic N) is 3. The fourth-order valence-electron chi connectivity index (χ4n) is 2.99. The van der Waals surface area contributed by atoms with E-state index in [2.05, 4.69) is 40.8 Å². The van der Waals surface area contributed by atoms with Gasteiger partial charge in [0.25, 0.3) is 0 Å². The summed E-state index contributed by atoms with van der Waals surface area (Å²) in [6, 6.07) is 16.6. The molecule has 0 unspecified atom stereocenters. The smallest absolute Gasteiger partial charge is 0.148 e. The second kappa shape index (κ2) is 3.57. The van der Waals surface area contributed by atoms with Crippen LogP contribution in [0.1, 0.15) is 24.6 Å². The summed E-state index contributed by atoms with van der Waals surface area (Å²) >= 11 is 0. The minimum absolute atomic E-state index is 0.597. The molecular formula is C17H13N3. The minimum Gasteiger partial charge on any atom is -0.279 e. The van der Waals surface area contributed by atoms with Crippen molar-refractivity contribution in [2.24, 2.45) is 0 Å². The molecule has 0 amide bonds. The highest BCUT2D eigenvalue weighted by atomic mass is 15.1. The molecule has 96 valence electrons. The van der Waals surface area contributed by atoms with Crippen molar-refractivity contribution in [1.29, 1.82) is 0 Å². The van der Waals surface area contributed by atoms with Gasteiger partial charge < -0.3 is 0 Å². The van der Waals surface area contributed by atoms with Crippen LogP contribution in [0.3, 0.4) is 0 Å². The van der Waals surface area contributed by atoms with Crippen molar-refractivity contribution in [2.45, 2.75) is 18.8 Å². The van der Waals surface area contributed by atoms with Crippen LogP contribution in [0.15, 0.2) is 48.5 Å². The maximum absolute atomic E-state index is 4.91. The number of para-hydroxylation sites is 3. The Kier molecular flexibility index (Phi) is 1.85. The number of rotatable bonds is 1. The number of imidazole rings is 1. The molecule has 0 spiro atoms. The van der Waals surface area contributed by atoms with E-state index < -0.39 is 0 Å². The Morgan fingerprint density at radius 2 is 1.60 bits per heavy atom. The van der Waals surface area contributed by atoms with Gasteiger partial charge in [-0.2, -0.15) is 0 Å². The molecule has 1 aliphatic rings. The fraction of sp³-hybridized carbons (Fsp3) is 0.176. The topological polar surface area (TPSA) is 30.2 Å². The molecule has 3 nitrogen and oxygen atoms in total. The number of benzene rings is 2. The molecule has 0 N–H and O–H groups in total. The van der Waals surface area contributed by atoms with Gasteiger partial charge >= 0.3 is 0 Å². The highest BCUT2D eigenvalue weighted by Gasteiger charge is 2.29. The van der Waals surface area contributed by atoms with Crippen molar-refractivity contribution in [3.63, 3.8) is 0 Å². The van der Waals surface area contributed by atoms with Gasteiger partial charge in [-0.15, -0.1) is 0 Å². The van der Waals surface area contributed by atoms with Gasteiger partial charge in [-0.3, -0.25) is 4.40 Å². The van der Waals surface area contributed by atoms with Crippen LogP contribution in [0.25, 0.3) is 27.6 Å². The molecule has 0 saturated heterocycles. The Labute approximate surface area is 115 Å². The first-order valence-corrected chi connectivity index (χ1v) is 7.08. The van der Waals surface area contributed by atoms with Crippen LogP contribution in [0.2, 0.25) is 0 Å².